The van der Waals surface area contributed by atoms with Crippen molar-refractivity contribution in [2.24, 2.45) is 5.92 Å². The summed E-state index contributed by atoms with van der Waals surface area (Å²) in [6, 6.07) is 8.86. The summed E-state index contributed by atoms with van der Waals surface area (Å²) in [7, 11) is 0. The summed E-state index contributed by atoms with van der Waals surface area (Å²) in [5.74, 6) is -3.66. The Hall–Kier alpha value is -3.84. The van der Waals surface area contributed by atoms with Gasteiger partial charge in [-0.3, -0.25) is 14.4 Å². The van der Waals surface area contributed by atoms with Gasteiger partial charge >= 0.3 is 23.9 Å². The second-order valence-electron chi connectivity index (χ2n) is 27.5. The van der Waals surface area contributed by atoms with Gasteiger partial charge in [-0.25, -0.2) is 4.79 Å². The fraction of sp³-hybridized carbons (Fsp3) is 0.833. The van der Waals surface area contributed by atoms with Crippen LogP contribution in [0.15, 0.2) is 36.4 Å². The van der Waals surface area contributed by atoms with E-state index in [1.807, 2.05) is 0 Å². The first-order chi connectivity index (χ1) is 46.5. The molecule has 6 saturated heterocycles. The molecule has 0 amide bonds. The van der Waals surface area contributed by atoms with Crippen LogP contribution in [0.1, 0.15) is 222 Å². The van der Waals surface area contributed by atoms with Crippen molar-refractivity contribution >= 4 is 30.0 Å². The number of aliphatic hydroxyl groups excluding tert-OH is 7. The van der Waals surface area contributed by atoms with Gasteiger partial charge in [0.05, 0.1) is 42.5 Å². The SMILES string of the molecule is CCCCCCCCCCCC(=O)O[C@H]1[C@H](O[C@@H]2[C@H]3OC(=O)CCCCCCCCC[C@H](CCCCC)O[C@@H]4O[C@H](C)[C@H](O)[C@H](O)[C@H]4O[C@H](O[C@H]2C)[C@H]3O)O[C@@H](C)[C@H](O[C@@H]2O[C@@H](C)[C@H](OC(=O)[C@@H](C)CC)[C@@H](O)[C@H]2OC(=O)/C=C/c2ccccc2)[C@H]1O[C@@H]1O[C@@H](C)[C@H](O)[C@@H](O)[C@H]1O. The summed E-state index contributed by atoms with van der Waals surface area (Å²) in [5, 5.41) is 81.8. The summed E-state index contributed by atoms with van der Waals surface area (Å²) in [5.41, 5.74) is 0.645. The molecule has 0 spiro atoms. The second-order valence-corrected chi connectivity index (χ2v) is 27.5. The Balaban J connectivity index is 1.27. The van der Waals surface area contributed by atoms with E-state index in [0.717, 1.165) is 109 Å². The second kappa shape index (κ2) is 40.7. The van der Waals surface area contributed by atoms with Gasteiger partial charge in [0, 0.05) is 18.9 Å². The van der Waals surface area contributed by atoms with Gasteiger partial charge in [0.1, 0.15) is 67.1 Å². The molecule has 6 aliphatic heterocycles. The third-order valence-corrected chi connectivity index (χ3v) is 19.6. The number of ether oxygens (including phenoxy) is 14. The molecule has 7 N–H and O–H groups in total. The Labute approximate surface area is 573 Å². The van der Waals surface area contributed by atoms with E-state index < -0.39 is 183 Å². The molecule has 0 aromatic heterocycles. The summed E-state index contributed by atoms with van der Waals surface area (Å²) >= 11 is 0. The number of unbranched alkanes of at least 4 members (excludes halogenated alkanes) is 10. The lowest BCUT2D eigenvalue weighted by Crippen LogP contribution is -2.68. The molecule has 0 unspecified atom stereocenters. The molecular weight excluding hydrogens is 1260 g/mol. The lowest BCUT2D eigenvalue weighted by Gasteiger charge is -2.51. The van der Waals surface area contributed by atoms with E-state index in [1.54, 1.807) is 58.0 Å². The first-order valence-electron chi connectivity index (χ1n) is 36.4. The van der Waals surface area contributed by atoms with E-state index in [2.05, 4.69) is 13.8 Å². The van der Waals surface area contributed by atoms with Gasteiger partial charge in [-0.05, 0) is 78.4 Å². The van der Waals surface area contributed by atoms with Crippen LogP contribution in [0.5, 0.6) is 0 Å². The predicted octanol–water partition coefficient (Wildman–Crippen LogP) is 7.60. The van der Waals surface area contributed by atoms with Gasteiger partial charge in [0.15, 0.2) is 55.9 Å². The van der Waals surface area contributed by atoms with Crippen molar-refractivity contribution in [1.82, 2.24) is 0 Å². The molecule has 0 saturated carbocycles. The van der Waals surface area contributed by atoms with Gasteiger partial charge in [-0.2, -0.15) is 0 Å². The van der Waals surface area contributed by atoms with Crippen LogP contribution >= 0.6 is 0 Å². The van der Waals surface area contributed by atoms with Gasteiger partial charge in [0.25, 0.3) is 0 Å². The van der Waals surface area contributed by atoms with Gasteiger partial charge in [-0.15, -0.1) is 0 Å². The van der Waals surface area contributed by atoms with Crippen molar-refractivity contribution < 1.29 is 121 Å². The lowest BCUT2D eigenvalue weighted by atomic mass is 9.95. The topological polar surface area (TPSA) is 339 Å². The maximum absolute atomic E-state index is 14.6. The summed E-state index contributed by atoms with van der Waals surface area (Å²) in [6.45, 7) is 15.4. The third-order valence-electron chi connectivity index (χ3n) is 19.6. The smallest absolute Gasteiger partial charge is 0.331 e. The van der Waals surface area contributed by atoms with Gasteiger partial charge < -0.3 is 102 Å². The van der Waals surface area contributed by atoms with Crippen molar-refractivity contribution in [2.45, 2.75) is 376 Å². The number of benzene rings is 1. The highest BCUT2D eigenvalue weighted by Gasteiger charge is 2.59. The highest BCUT2D eigenvalue weighted by atomic mass is 16.8. The number of carbonyl (C=O) groups excluding carboxylic acids is 4. The summed E-state index contributed by atoms with van der Waals surface area (Å²) in [4.78, 5) is 56.1. The van der Waals surface area contributed by atoms with Crippen LogP contribution in [-0.2, 0) is 85.5 Å². The fourth-order valence-corrected chi connectivity index (χ4v) is 13.3. The zero-order chi connectivity index (χ0) is 70.3. The molecule has 25 nitrogen and oxygen atoms in total. The standard InChI is InChI=1S/C72H116O25/c1-10-13-15-16-17-18-21-24-32-38-50(74)92-66-65(97-68-56(80)54(78)52(76)42(5)84-68)61(95-71-64(91-51(75)40-39-47-33-28-26-29-34-47)57(81)59(44(7)87-71)93-67(83)41(4)12-3)46(9)88-72(66)94-60-45(8)86-69-58(82)62(60)90-49(73)37-31-25-22-19-20-23-30-36-48(35-27-14-11-2)89-70-63(96-69)55(79)53(77)43(6)85-70/h26,28-29,33-34,39-46,48,52-66,68-72,76-82H,10-25,27,30-32,35-38H2,1-9H3/b40-39+/t41-,42-,43+,44-,45-,46-,48-,52-,53-,54+,55-,56+,57+,58-,59-,60-,61-,62-,63+,64+,65+,66+,68-,69-,70-,71-,72-/m0/s1. The first kappa shape index (κ1) is 80.5. The molecule has 6 aliphatic rings. The first-order valence-corrected chi connectivity index (χ1v) is 36.4. The summed E-state index contributed by atoms with van der Waals surface area (Å²) in [6.07, 6.45) is -17.9. The minimum atomic E-state index is -1.95. The molecule has 2 bridgehead atoms. The molecule has 25 heteroatoms. The van der Waals surface area contributed by atoms with Crippen LogP contribution in [0.4, 0.5) is 0 Å². The Morgan fingerprint density at radius 2 is 1.05 bits per heavy atom. The monoisotopic (exact) mass is 1380 g/mol. The van der Waals surface area contributed by atoms with Crippen LogP contribution in [-0.4, -0.2) is 219 Å². The van der Waals surface area contributed by atoms with E-state index in [1.165, 1.54) is 26.8 Å². The zero-order valence-corrected chi connectivity index (χ0v) is 58.6. The van der Waals surface area contributed by atoms with Crippen molar-refractivity contribution in [1.29, 1.82) is 0 Å². The molecule has 1 aromatic rings. The third kappa shape index (κ3) is 23.3. The van der Waals surface area contributed by atoms with Crippen LogP contribution in [0.25, 0.3) is 6.08 Å². The number of carbonyl (C=O) groups is 4. The average Bonchev–Trinajstić information content (AvgIpc) is 0.784. The van der Waals surface area contributed by atoms with Crippen molar-refractivity contribution in [2.75, 3.05) is 0 Å². The predicted molar refractivity (Wildman–Crippen MR) is 350 cm³/mol. The average molecular weight is 1380 g/mol. The van der Waals surface area contributed by atoms with E-state index in [9.17, 15) is 54.9 Å². The number of hydrogen-bond acceptors (Lipinski definition) is 25. The van der Waals surface area contributed by atoms with Crippen LogP contribution in [0.3, 0.4) is 0 Å². The van der Waals surface area contributed by atoms with E-state index in [0.29, 0.717) is 44.1 Å². The lowest BCUT2D eigenvalue weighted by molar-refractivity contribution is -0.399. The Bertz CT molecular complexity index is 2490. The molecule has 6 heterocycles. The maximum atomic E-state index is 14.6. The van der Waals surface area contributed by atoms with E-state index in [-0.39, 0.29) is 18.9 Å². The number of rotatable bonds is 27. The van der Waals surface area contributed by atoms with Crippen LogP contribution in [0, 0.1) is 5.92 Å². The van der Waals surface area contributed by atoms with Gasteiger partial charge in [-0.1, -0.05) is 167 Å². The Morgan fingerprint density at radius 3 is 1.73 bits per heavy atom. The van der Waals surface area contributed by atoms with E-state index >= 15 is 0 Å². The quantitative estimate of drug-likeness (QED) is 0.0193. The molecule has 97 heavy (non-hydrogen) atoms. The van der Waals surface area contributed by atoms with Crippen molar-refractivity contribution in [3.05, 3.63) is 42.0 Å². The highest BCUT2D eigenvalue weighted by Crippen LogP contribution is 2.40. The van der Waals surface area contributed by atoms with Crippen molar-refractivity contribution in [3.63, 3.8) is 0 Å². The normalized spacial score (nSPS) is 38.5. The van der Waals surface area contributed by atoms with Crippen LogP contribution in [0.2, 0.25) is 0 Å². The van der Waals surface area contributed by atoms with Crippen LogP contribution < -0.4 is 0 Å². The number of esters is 4. The minimum absolute atomic E-state index is 0.0454. The minimum Gasteiger partial charge on any atom is -0.456 e. The molecule has 0 radical (unpaired) electrons. The summed E-state index contributed by atoms with van der Waals surface area (Å²) < 4.78 is 90.1. The van der Waals surface area contributed by atoms with Gasteiger partial charge in [0.2, 0.25) is 0 Å². The maximum Gasteiger partial charge on any atom is 0.331 e. The highest BCUT2D eigenvalue weighted by molar-refractivity contribution is 5.87. The number of fused-ring (bicyclic) bond motifs is 3. The molecule has 7 rings (SSSR count). The number of aliphatic hydroxyl groups is 7. The zero-order valence-electron chi connectivity index (χ0n) is 58.6. The molecule has 6 fully saturated rings. The molecule has 554 valence electrons. The molecule has 0 aliphatic carbocycles. The fourth-order valence-electron chi connectivity index (χ4n) is 13.3. The number of hydrogen-bond donors (Lipinski definition) is 7. The molecule has 1 aromatic carbocycles. The largest absolute Gasteiger partial charge is 0.456 e. The Morgan fingerprint density at radius 1 is 0.495 bits per heavy atom. The molecule has 27 atom stereocenters. The molecular formula is C72H116O25. The van der Waals surface area contributed by atoms with E-state index in [4.69, 9.17) is 66.3 Å². The van der Waals surface area contributed by atoms with Crippen molar-refractivity contribution in [3.8, 4) is 0 Å². The Kier molecular flexibility index (Phi) is 33.8.